The molecule has 0 saturated carbocycles. The van der Waals surface area contributed by atoms with Crippen LogP contribution in [-0.4, -0.2) is 266 Å². The minimum atomic E-state index is -1.93. The molecule has 44 heteroatoms. The van der Waals surface area contributed by atoms with E-state index >= 15 is 14.4 Å². The van der Waals surface area contributed by atoms with E-state index in [0.717, 1.165) is 6.92 Å². The number of guanidine groups is 2. The quantitative estimate of drug-likeness (QED) is 0.0143. The number of carbonyl (C=O) groups is 16. The molecule has 3 aromatic carbocycles. The molecule has 1 fully saturated rings. The Bertz CT molecular complexity index is 4150. The summed E-state index contributed by atoms with van der Waals surface area (Å²) in [6, 6.07) is -4.17. The number of phenols is 2. The van der Waals surface area contributed by atoms with Gasteiger partial charge < -0.3 is 133 Å². The lowest BCUT2D eigenvalue weighted by molar-refractivity contribution is -0.139. The minimum Gasteiger partial charge on any atom is -0.508 e. The van der Waals surface area contributed by atoms with Crippen LogP contribution in [0.1, 0.15) is 130 Å². The van der Waals surface area contributed by atoms with Crippen molar-refractivity contribution in [2.75, 3.05) is 37.8 Å². The maximum Gasteiger partial charge on any atom is 0.303 e. The Balaban J connectivity index is 1.85. The monoisotopic (exact) mass is 1760 g/mol. The van der Waals surface area contributed by atoms with Crippen molar-refractivity contribution in [3.63, 3.8) is 0 Å². The zero-order valence-electron chi connectivity index (χ0n) is 70.5. The number of nitrogens with one attached hydrogen (secondary N) is 18. The first-order valence-corrected chi connectivity index (χ1v) is 41.6. The molecule has 15 atom stereocenters. The lowest BCUT2D eigenvalue weighted by Crippen LogP contribution is -2.63. The highest BCUT2D eigenvalue weighted by Crippen LogP contribution is 2.19. The zero-order valence-corrected chi connectivity index (χ0v) is 71.3. The molecule has 4 rings (SSSR count). The van der Waals surface area contributed by atoms with Gasteiger partial charge in [-0.3, -0.25) is 87.5 Å². The molecule has 1 saturated heterocycles. The normalized spacial score (nSPS) is 19.7. The number of phenolic OH excluding ortho intramolecular Hbond substituents is 2. The second-order valence-corrected chi connectivity index (χ2v) is 32.3. The van der Waals surface area contributed by atoms with E-state index in [1.165, 1.54) is 55.5 Å². The zero-order chi connectivity index (χ0) is 92.6. The lowest BCUT2D eigenvalue weighted by Gasteiger charge is -2.30. The number of primary amides is 1. The van der Waals surface area contributed by atoms with Crippen molar-refractivity contribution in [3.8, 4) is 11.5 Å². The maximum atomic E-state index is 15.3. The number of carboxylic acid groups (broad SMARTS) is 1. The fourth-order valence-electron chi connectivity index (χ4n) is 12.6. The van der Waals surface area contributed by atoms with Gasteiger partial charge in [0.2, 0.25) is 88.6 Å². The Hall–Kier alpha value is -12.4. The lowest BCUT2D eigenvalue weighted by atomic mass is 10.00. The summed E-state index contributed by atoms with van der Waals surface area (Å²) < 4.78 is 0. The molecule has 43 nitrogen and oxygen atoms in total. The third-order valence-electron chi connectivity index (χ3n) is 19.1. The first-order valence-electron chi connectivity index (χ1n) is 40.5. The highest BCUT2D eigenvalue weighted by molar-refractivity contribution is 8.00. The third kappa shape index (κ3) is 37.9. The SMILES string of the molecule is CC(C)C[C@H](NC(=O)[C@H](C)NC(=O)[C@H](CO)NC(=O)[C@H](CCC(=O)O)NC(=O)[C@H](Cc1ccc(O)cc1)NC(=O)[C@H](CCCNC(=N)N)NC(=O)[C@@H]1CSCC(=O)N[C@@H](Cc2ccc(O)cc2)C(=O)N[C@@H](CC(C)C)C(=O)N[C@@H](CCCNC(=N)N)C(=O)N[C@@H](Cc2ccccc2)C(=O)N[C@@H]([C@@H](C)O)C(=O)N[C@@H](CC(C)C)C(=O)N1)C(=O)N[C@@H](CO)C(N)=O. The van der Waals surface area contributed by atoms with Gasteiger partial charge in [0.15, 0.2) is 11.9 Å². The molecule has 0 spiro atoms. The number of carbonyl (C=O) groups excluding carboxylic acids is 15. The van der Waals surface area contributed by atoms with Crippen LogP contribution < -0.4 is 102 Å². The van der Waals surface area contributed by atoms with Gasteiger partial charge in [0.05, 0.1) is 25.1 Å². The molecule has 124 heavy (non-hydrogen) atoms. The highest BCUT2D eigenvalue weighted by Gasteiger charge is 2.40. The maximum absolute atomic E-state index is 15.3. The third-order valence-corrected chi connectivity index (χ3v) is 20.1. The van der Waals surface area contributed by atoms with Crippen molar-refractivity contribution in [2.24, 2.45) is 35.0 Å². The van der Waals surface area contributed by atoms with E-state index in [4.69, 9.17) is 28.0 Å². The van der Waals surface area contributed by atoms with Gasteiger partial charge in [-0.2, -0.15) is 0 Å². The average Bonchev–Trinajstić information content (AvgIpc) is 0.841. The number of thioether (sulfide) groups is 1. The second kappa shape index (κ2) is 52.8. The molecule has 0 aliphatic carbocycles. The molecule has 15 amide bonds. The largest absolute Gasteiger partial charge is 0.508 e. The molecule has 0 unspecified atom stereocenters. The number of nitrogens with two attached hydrogens (primary N) is 3. The van der Waals surface area contributed by atoms with Gasteiger partial charge in [-0.25, -0.2) is 0 Å². The Morgan fingerprint density at radius 3 is 1.44 bits per heavy atom. The van der Waals surface area contributed by atoms with Gasteiger partial charge in [-0.15, -0.1) is 11.8 Å². The van der Waals surface area contributed by atoms with Crippen molar-refractivity contribution in [1.82, 2.24) is 85.1 Å². The fourth-order valence-corrected chi connectivity index (χ4v) is 13.4. The van der Waals surface area contributed by atoms with Crippen molar-refractivity contribution in [1.29, 1.82) is 10.8 Å². The number of carboxylic acids is 1. The van der Waals surface area contributed by atoms with E-state index in [-0.39, 0.29) is 99.8 Å². The Kier molecular flexibility index (Phi) is 44.2. The number of benzene rings is 3. The number of rotatable bonds is 41. The Morgan fingerprint density at radius 1 is 0.468 bits per heavy atom. The van der Waals surface area contributed by atoms with Crippen molar-refractivity contribution in [3.05, 3.63) is 95.6 Å². The van der Waals surface area contributed by atoms with E-state index in [0.29, 0.717) is 22.9 Å². The molecule has 1 heterocycles. The molecule has 0 bridgehead atoms. The number of aromatic hydroxyl groups is 2. The predicted octanol–water partition coefficient (Wildman–Crippen LogP) is -5.94. The predicted molar refractivity (Wildman–Crippen MR) is 452 cm³/mol. The summed E-state index contributed by atoms with van der Waals surface area (Å²) in [7, 11) is 0. The Morgan fingerprint density at radius 2 is 0.903 bits per heavy atom. The number of hydrogen-bond acceptors (Lipinski definition) is 24. The minimum absolute atomic E-state index is 0.0119. The second-order valence-electron chi connectivity index (χ2n) is 31.3. The first kappa shape index (κ1) is 104. The van der Waals surface area contributed by atoms with Gasteiger partial charge in [0.25, 0.3) is 0 Å². The summed E-state index contributed by atoms with van der Waals surface area (Å²) in [6.07, 6.45) is -5.11. The van der Waals surface area contributed by atoms with Gasteiger partial charge in [0.1, 0.15) is 96.1 Å². The van der Waals surface area contributed by atoms with Crippen LogP contribution in [0.5, 0.6) is 11.5 Å². The topological polar surface area (TPSA) is 713 Å². The highest BCUT2D eigenvalue weighted by atomic mass is 32.2. The van der Waals surface area contributed by atoms with Gasteiger partial charge in [0, 0.05) is 44.5 Å². The number of hydrogen-bond donors (Lipinski definition) is 27. The fraction of sp³-hybridized carbons (Fsp3) is 0.550. The molecule has 30 N–H and O–H groups in total. The number of aliphatic carboxylic acids is 1. The number of amides is 15. The van der Waals surface area contributed by atoms with Crippen LogP contribution >= 0.6 is 11.8 Å². The first-order chi connectivity index (χ1) is 58.5. The van der Waals surface area contributed by atoms with Crippen molar-refractivity contribution < 1.29 is 107 Å². The van der Waals surface area contributed by atoms with Crippen molar-refractivity contribution in [2.45, 2.75) is 223 Å². The van der Waals surface area contributed by atoms with E-state index in [9.17, 15) is 93.0 Å². The van der Waals surface area contributed by atoms with Crippen LogP contribution in [0, 0.1) is 28.6 Å². The molecule has 0 aromatic heterocycles. The van der Waals surface area contributed by atoms with Crippen LogP contribution in [0.3, 0.4) is 0 Å². The van der Waals surface area contributed by atoms with Crippen LogP contribution in [-0.2, 0) is 96.0 Å². The van der Waals surface area contributed by atoms with Gasteiger partial charge >= 0.3 is 5.97 Å². The van der Waals surface area contributed by atoms with Crippen LogP contribution in [0.2, 0.25) is 0 Å². The molecular formula is C80H121N21O22S. The van der Waals surface area contributed by atoms with E-state index < -0.39 is 247 Å². The molecule has 684 valence electrons. The summed E-state index contributed by atoms with van der Waals surface area (Å²) in [5.41, 5.74) is 17.5. The number of aliphatic hydroxyl groups excluding tert-OH is 3. The molecule has 0 radical (unpaired) electrons. The van der Waals surface area contributed by atoms with E-state index in [1.807, 2.05) is 0 Å². The molecule has 1 aliphatic rings. The smallest absolute Gasteiger partial charge is 0.303 e. The van der Waals surface area contributed by atoms with Gasteiger partial charge in [-0.1, -0.05) is 96.1 Å². The van der Waals surface area contributed by atoms with Crippen LogP contribution in [0.25, 0.3) is 0 Å². The summed E-state index contributed by atoms with van der Waals surface area (Å²) in [4.78, 5) is 227. The molecule has 1 aliphatic heterocycles. The summed E-state index contributed by atoms with van der Waals surface area (Å²) >= 11 is 0.703. The van der Waals surface area contributed by atoms with Gasteiger partial charge in [-0.05, 0) is 124 Å². The summed E-state index contributed by atoms with van der Waals surface area (Å²) in [5.74, 6) is -20.9. The average molecular weight is 1760 g/mol. The summed E-state index contributed by atoms with van der Waals surface area (Å²) in [5, 5.41) is 117. The van der Waals surface area contributed by atoms with Crippen LogP contribution in [0.15, 0.2) is 78.9 Å². The van der Waals surface area contributed by atoms with E-state index in [2.05, 4.69) is 85.1 Å². The standard InChI is InChI=1S/C80H121N21O22S/c1-40(2)30-53(71(116)98-59(36-102)65(81)110)93-66(111)43(7)88-76(121)60(37-103)99-69(114)52(26-27-63(108)109)92-74(119)57(35-47-20-24-49(106)25-21-47)95-68(113)51(17-13-29-87-80(84)85)91-77(122)61-38-124-39-62(107)89-56(34-46-18-22-48(105)23-19-46)73(118)94-54(31-41(3)4)70(115)90-50(16-12-28-86-79(82)83)67(112)96-58(33-45-14-10-9-11-15-45)75(120)101-64(44(8)104)78(123)97-55(32-42(5)6)72(117)100-61/h9-11,14-15,18-25,40-44,50-61,64,102-106H,12-13,16-17,26-39H2,1-8H3,(H2,81,110)(H,88,121)(H,89,107)(H,90,115)(H,91,122)(H,92,119)(H,93,111)(H,94,118)(H,95,113)(H,96,112)(H,97,123)(H,98,116)(H,99,114)(H,100,117)(H,101,120)(H,108,109)(H4,82,83,86)(H4,84,85,87)/t43-,44+,50-,51-,52-,53-,54-,55-,56-,57-,58-,59-,60-,61-,64-/m0/s1. The van der Waals surface area contributed by atoms with E-state index in [1.54, 1.807) is 71.9 Å². The van der Waals surface area contributed by atoms with Crippen LogP contribution in [0.4, 0.5) is 0 Å². The van der Waals surface area contributed by atoms with Crippen molar-refractivity contribution >= 4 is 118 Å². The molecule has 3 aromatic rings. The summed E-state index contributed by atoms with van der Waals surface area (Å²) in [6.45, 7) is 10.4. The number of aliphatic hydroxyl groups is 3. The Labute approximate surface area is 721 Å². The molecular weight excluding hydrogens is 1640 g/mol.